The van der Waals surface area contributed by atoms with Crippen LogP contribution < -0.4 is 4.74 Å². The van der Waals surface area contributed by atoms with Crippen molar-refractivity contribution in [2.45, 2.75) is 0 Å². The number of nitriles is 2. The Labute approximate surface area is 118 Å². The molecule has 96 valence electrons. The molecule has 0 spiro atoms. The summed E-state index contributed by atoms with van der Waals surface area (Å²) in [6.07, 6.45) is 1.39. The molecule has 0 fully saturated rings. The van der Waals surface area contributed by atoms with E-state index in [1.807, 2.05) is 0 Å². The number of nitrogens with zero attached hydrogens (tertiary/aromatic N) is 2. The lowest BCUT2D eigenvalue weighted by atomic mass is 10.1. The van der Waals surface area contributed by atoms with E-state index in [-0.39, 0.29) is 12.2 Å². The lowest BCUT2D eigenvalue weighted by Crippen LogP contribution is -2.13. The zero-order valence-electron chi connectivity index (χ0n) is 10.0. The Hall–Kier alpha value is -2.31. The first kappa shape index (κ1) is 14.7. The van der Waals surface area contributed by atoms with Gasteiger partial charge in [0.05, 0.1) is 7.11 Å². The number of allylic oxidation sites excluding steroid dienone is 1. The average molecular weight is 321 g/mol. The molecule has 1 rings (SSSR count). The van der Waals surface area contributed by atoms with Crippen LogP contribution in [0.1, 0.15) is 5.56 Å². The van der Waals surface area contributed by atoms with Gasteiger partial charge in [-0.3, -0.25) is 0 Å². The number of hydrogen-bond donors (Lipinski definition) is 0. The van der Waals surface area contributed by atoms with E-state index in [9.17, 15) is 4.79 Å². The number of benzene rings is 1. The number of carbonyl (C=O) groups is 1. The maximum atomic E-state index is 11.0. The Morgan fingerprint density at radius 1 is 1.42 bits per heavy atom. The number of esters is 1. The molecule has 19 heavy (non-hydrogen) atoms. The van der Waals surface area contributed by atoms with Crippen LogP contribution >= 0.6 is 15.9 Å². The molecule has 6 heteroatoms. The second-order valence-electron chi connectivity index (χ2n) is 3.33. The maximum absolute atomic E-state index is 11.0. The van der Waals surface area contributed by atoms with E-state index in [0.29, 0.717) is 11.3 Å². The monoisotopic (exact) mass is 320 g/mol. The fourth-order valence-electron chi connectivity index (χ4n) is 1.20. The molecular weight excluding hydrogens is 312 g/mol. The normalized spacial score (nSPS) is 8.84. The van der Waals surface area contributed by atoms with Crippen molar-refractivity contribution < 1.29 is 14.3 Å². The Kier molecular flexibility index (Phi) is 5.59. The Bertz CT molecular complexity index is 581. The summed E-state index contributed by atoms with van der Waals surface area (Å²) in [4.78, 5) is 11.0. The lowest BCUT2D eigenvalue weighted by Gasteiger charge is -2.08. The Morgan fingerprint density at radius 3 is 2.68 bits per heavy atom. The van der Waals surface area contributed by atoms with Gasteiger partial charge in [-0.25, -0.2) is 4.79 Å². The average Bonchev–Trinajstić information content (AvgIpc) is 2.43. The summed E-state index contributed by atoms with van der Waals surface area (Å²) in [5.41, 5.74) is 0.470. The van der Waals surface area contributed by atoms with Gasteiger partial charge >= 0.3 is 5.97 Å². The van der Waals surface area contributed by atoms with Gasteiger partial charge in [0.25, 0.3) is 0 Å². The quantitative estimate of drug-likeness (QED) is 0.628. The predicted octanol–water partition coefficient (Wildman–Crippen LogP) is 2.43. The van der Waals surface area contributed by atoms with E-state index in [1.54, 1.807) is 30.3 Å². The number of methoxy groups -OCH3 is 1. The van der Waals surface area contributed by atoms with Crippen LogP contribution in [0.15, 0.2) is 28.2 Å². The minimum atomic E-state index is -0.515. The number of carbonyl (C=O) groups excluding carboxylic acids is 1. The Morgan fingerprint density at radius 2 is 2.11 bits per heavy atom. The van der Waals surface area contributed by atoms with Crippen LogP contribution in [0.25, 0.3) is 6.08 Å². The SMILES string of the molecule is COC(=O)COc1ccc(Br)cc1C=C(C#N)C#N. The summed E-state index contributed by atoms with van der Waals surface area (Å²) >= 11 is 3.28. The van der Waals surface area contributed by atoms with Crippen molar-refractivity contribution in [2.24, 2.45) is 0 Å². The summed E-state index contributed by atoms with van der Waals surface area (Å²) < 4.78 is 10.5. The van der Waals surface area contributed by atoms with Gasteiger partial charge in [-0.2, -0.15) is 10.5 Å². The van der Waals surface area contributed by atoms with Gasteiger partial charge in [0.15, 0.2) is 6.61 Å². The van der Waals surface area contributed by atoms with Gasteiger partial charge in [0, 0.05) is 10.0 Å². The molecule has 0 saturated carbocycles. The first-order chi connectivity index (χ1) is 9.10. The van der Waals surface area contributed by atoms with Crippen molar-refractivity contribution in [3.63, 3.8) is 0 Å². The van der Waals surface area contributed by atoms with Crippen LogP contribution in [0.4, 0.5) is 0 Å². The molecule has 0 radical (unpaired) electrons. The molecule has 1 aromatic carbocycles. The Balaban J connectivity index is 3.06. The summed E-state index contributed by atoms with van der Waals surface area (Å²) in [5.74, 6) is -0.129. The molecule has 0 unspecified atom stereocenters. The largest absolute Gasteiger partial charge is 0.481 e. The summed E-state index contributed by atoms with van der Waals surface area (Å²) in [7, 11) is 1.26. The fourth-order valence-corrected chi connectivity index (χ4v) is 1.58. The lowest BCUT2D eigenvalue weighted by molar-refractivity contribution is -0.142. The molecule has 0 saturated heterocycles. The van der Waals surface area contributed by atoms with Crippen LogP contribution in [-0.4, -0.2) is 19.7 Å². The van der Waals surface area contributed by atoms with Crippen molar-refractivity contribution in [3.8, 4) is 17.9 Å². The zero-order valence-corrected chi connectivity index (χ0v) is 11.6. The highest BCUT2D eigenvalue weighted by Gasteiger charge is 2.07. The molecule has 0 N–H and O–H groups in total. The van der Waals surface area contributed by atoms with Gasteiger partial charge in [0.1, 0.15) is 23.5 Å². The van der Waals surface area contributed by atoms with Gasteiger partial charge < -0.3 is 9.47 Å². The van der Waals surface area contributed by atoms with E-state index < -0.39 is 5.97 Å². The molecule has 0 aromatic heterocycles. The zero-order chi connectivity index (χ0) is 14.3. The third-order valence-corrected chi connectivity index (χ3v) is 2.58. The van der Waals surface area contributed by atoms with Crippen molar-refractivity contribution in [1.82, 2.24) is 0 Å². The minimum absolute atomic E-state index is 0.0546. The predicted molar refractivity (Wildman–Crippen MR) is 70.9 cm³/mol. The highest BCUT2D eigenvalue weighted by molar-refractivity contribution is 9.10. The summed E-state index contributed by atoms with van der Waals surface area (Å²) in [6.45, 7) is -0.243. The first-order valence-electron chi connectivity index (χ1n) is 5.11. The second kappa shape index (κ2) is 7.20. The van der Waals surface area contributed by atoms with Gasteiger partial charge in [0.2, 0.25) is 0 Å². The van der Waals surface area contributed by atoms with Crippen LogP contribution in [-0.2, 0) is 9.53 Å². The number of halogens is 1. The third-order valence-electron chi connectivity index (χ3n) is 2.09. The third kappa shape index (κ3) is 4.46. The van der Waals surface area contributed by atoms with Crippen molar-refractivity contribution in [2.75, 3.05) is 13.7 Å². The van der Waals surface area contributed by atoms with Crippen molar-refractivity contribution in [1.29, 1.82) is 10.5 Å². The molecule has 0 aliphatic heterocycles. The molecule has 1 aromatic rings. The number of hydrogen-bond acceptors (Lipinski definition) is 5. The van der Waals surface area contributed by atoms with Gasteiger partial charge in [-0.15, -0.1) is 0 Å². The molecular formula is C13H9BrN2O3. The van der Waals surface area contributed by atoms with Crippen LogP contribution in [0.5, 0.6) is 5.75 Å². The van der Waals surface area contributed by atoms with Gasteiger partial charge in [-0.05, 0) is 24.3 Å². The van der Waals surface area contributed by atoms with Gasteiger partial charge in [-0.1, -0.05) is 15.9 Å². The number of rotatable bonds is 4. The van der Waals surface area contributed by atoms with E-state index in [0.717, 1.165) is 4.47 Å². The highest BCUT2D eigenvalue weighted by atomic mass is 79.9. The standard InChI is InChI=1S/C13H9BrN2O3/c1-18-13(17)8-19-12-3-2-11(14)5-10(12)4-9(6-15)7-16/h2-5H,8H2,1H3. The van der Waals surface area contributed by atoms with Crippen LogP contribution in [0.3, 0.4) is 0 Å². The topological polar surface area (TPSA) is 83.1 Å². The molecule has 0 heterocycles. The minimum Gasteiger partial charge on any atom is -0.481 e. The van der Waals surface area contributed by atoms with Crippen molar-refractivity contribution >= 4 is 28.0 Å². The summed E-state index contributed by atoms with van der Waals surface area (Å²) in [5, 5.41) is 17.5. The smallest absolute Gasteiger partial charge is 0.343 e. The van der Waals surface area contributed by atoms with E-state index >= 15 is 0 Å². The fraction of sp³-hybridized carbons (Fsp3) is 0.154. The molecule has 5 nitrogen and oxygen atoms in total. The molecule has 0 aliphatic rings. The van der Waals surface area contributed by atoms with E-state index in [2.05, 4.69) is 20.7 Å². The van der Waals surface area contributed by atoms with Crippen LogP contribution in [0.2, 0.25) is 0 Å². The van der Waals surface area contributed by atoms with Crippen LogP contribution in [0, 0.1) is 22.7 Å². The van der Waals surface area contributed by atoms with E-state index in [4.69, 9.17) is 15.3 Å². The highest BCUT2D eigenvalue weighted by Crippen LogP contribution is 2.25. The number of ether oxygens (including phenoxy) is 2. The van der Waals surface area contributed by atoms with E-state index in [1.165, 1.54) is 13.2 Å². The summed E-state index contributed by atoms with van der Waals surface area (Å²) in [6, 6.07) is 8.56. The molecule has 0 atom stereocenters. The molecule has 0 bridgehead atoms. The molecule has 0 amide bonds. The first-order valence-corrected chi connectivity index (χ1v) is 5.91. The second-order valence-corrected chi connectivity index (χ2v) is 4.24. The molecule has 0 aliphatic carbocycles. The maximum Gasteiger partial charge on any atom is 0.343 e. The van der Waals surface area contributed by atoms with Crippen molar-refractivity contribution in [3.05, 3.63) is 33.8 Å².